The highest BCUT2D eigenvalue weighted by atomic mass is 16.3. The normalized spacial score (nSPS) is 14.2. The molecule has 0 aromatic rings. The van der Waals surface area contributed by atoms with E-state index in [1.165, 1.54) is 0 Å². The second-order valence-corrected chi connectivity index (χ2v) is 3.63. The summed E-state index contributed by atoms with van der Waals surface area (Å²) in [5.74, 6) is 0. The summed E-state index contributed by atoms with van der Waals surface area (Å²) in [4.78, 5) is 2.27. The summed E-state index contributed by atoms with van der Waals surface area (Å²) in [5.41, 5.74) is 0. The minimum atomic E-state index is -0.241. The van der Waals surface area contributed by atoms with Gasteiger partial charge >= 0.3 is 0 Å². The molecular weight excluding hydrogens is 152 g/mol. The number of aliphatic hydroxyl groups excluding tert-OH is 1. The zero-order chi connectivity index (χ0) is 9.56. The van der Waals surface area contributed by atoms with Crippen LogP contribution in [0.5, 0.6) is 0 Å². The Kier molecular flexibility index (Phi) is 6.34. The van der Waals surface area contributed by atoms with Gasteiger partial charge in [0.25, 0.3) is 0 Å². The highest BCUT2D eigenvalue weighted by molar-refractivity contribution is 4.59. The van der Waals surface area contributed by atoms with E-state index in [9.17, 15) is 0 Å². The lowest BCUT2D eigenvalue weighted by Crippen LogP contribution is -2.35. The molecule has 0 aliphatic carbocycles. The first-order valence-corrected chi connectivity index (χ1v) is 4.63. The van der Waals surface area contributed by atoms with Gasteiger partial charge in [-0.15, -0.1) is 0 Å². The fourth-order valence-corrected chi connectivity index (χ4v) is 0.825. The van der Waals surface area contributed by atoms with Gasteiger partial charge in [0, 0.05) is 25.7 Å². The summed E-state index contributed by atoms with van der Waals surface area (Å²) in [6.07, 6.45) is -0.241. The average Bonchev–Trinajstić information content (AvgIpc) is 1.97. The van der Waals surface area contributed by atoms with Gasteiger partial charge in [-0.2, -0.15) is 0 Å². The zero-order valence-electron chi connectivity index (χ0n) is 8.67. The Labute approximate surface area is 75.8 Å². The molecule has 0 aliphatic rings. The third-order valence-corrected chi connectivity index (χ3v) is 1.96. The Balaban J connectivity index is 3.20. The molecular formula is C9H22N2O. The lowest BCUT2D eigenvalue weighted by Gasteiger charge is -2.21. The summed E-state index contributed by atoms with van der Waals surface area (Å²) in [5, 5.41) is 12.1. The van der Waals surface area contributed by atoms with Crippen molar-refractivity contribution in [1.82, 2.24) is 10.2 Å². The highest BCUT2D eigenvalue weighted by Crippen LogP contribution is 1.90. The van der Waals surface area contributed by atoms with Gasteiger partial charge in [0.2, 0.25) is 0 Å². The largest absolute Gasteiger partial charge is 0.392 e. The Bertz CT molecular complexity index is 105. The molecule has 0 aromatic heterocycles. The van der Waals surface area contributed by atoms with E-state index in [0.29, 0.717) is 12.6 Å². The summed E-state index contributed by atoms with van der Waals surface area (Å²) in [7, 11) is 2.11. The second-order valence-electron chi connectivity index (χ2n) is 3.63. The van der Waals surface area contributed by atoms with Gasteiger partial charge in [-0.1, -0.05) is 0 Å². The van der Waals surface area contributed by atoms with E-state index in [2.05, 4.69) is 31.1 Å². The smallest absolute Gasteiger partial charge is 0.0636 e. The van der Waals surface area contributed by atoms with Crippen LogP contribution < -0.4 is 5.32 Å². The fraction of sp³-hybridized carbons (Fsp3) is 1.00. The van der Waals surface area contributed by atoms with Gasteiger partial charge < -0.3 is 15.3 Å². The summed E-state index contributed by atoms with van der Waals surface area (Å²) in [6, 6.07) is 0.596. The van der Waals surface area contributed by atoms with E-state index in [0.717, 1.165) is 13.1 Å². The first-order chi connectivity index (χ1) is 5.54. The molecule has 0 bridgehead atoms. The fourth-order valence-electron chi connectivity index (χ4n) is 0.825. The standard InChI is InChI=1S/C9H22N2O/c1-8(2)11(4)6-5-10-7-9(3)12/h8-10,12H,5-7H2,1-4H3/t9-/m0/s1. The molecule has 0 heterocycles. The Morgan fingerprint density at radius 1 is 1.33 bits per heavy atom. The van der Waals surface area contributed by atoms with Gasteiger partial charge in [0.1, 0.15) is 0 Å². The quantitative estimate of drug-likeness (QED) is 0.568. The zero-order valence-corrected chi connectivity index (χ0v) is 8.67. The predicted octanol–water partition coefficient (Wildman–Crippen LogP) is 0.297. The van der Waals surface area contributed by atoms with Gasteiger partial charge in [-0.3, -0.25) is 0 Å². The maximum absolute atomic E-state index is 8.95. The van der Waals surface area contributed by atoms with Gasteiger partial charge in [0.05, 0.1) is 6.10 Å². The molecule has 0 spiro atoms. The van der Waals surface area contributed by atoms with Crippen molar-refractivity contribution < 1.29 is 5.11 Å². The SMILES string of the molecule is CC(C)N(C)CCNC[C@H](C)O. The number of aliphatic hydroxyl groups is 1. The lowest BCUT2D eigenvalue weighted by molar-refractivity contribution is 0.187. The topological polar surface area (TPSA) is 35.5 Å². The van der Waals surface area contributed by atoms with Crippen LogP contribution in [-0.4, -0.2) is 48.8 Å². The first-order valence-electron chi connectivity index (χ1n) is 4.63. The Morgan fingerprint density at radius 3 is 2.33 bits per heavy atom. The van der Waals surface area contributed by atoms with E-state index in [-0.39, 0.29) is 6.10 Å². The minimum absolute atomic E-state index is 0.241. The maximum Gasteiger partial charge on any atom is 0.0636 e. The van der Waals surface area contributed by atoms with E-state index in [1.54, 1.807) is 6.92 Å². The number of hydrogen-bond acceptors (Lipinski definition) is 3. The van der Waals surface area contributed by atoms with Gasteiger partial charge in [0.15, 0.2) is 0 Å². The number of nitrogens with zero attached hydrogens (tertiary/aromatic N) is 1. The van der Waals surface area contributed by atoms with Crippen LogP contribution >= 0.6 is 0 Å². The van der Waals surface area contributed by atoms with Crippen LogP contribution in [0, 0.1) is 0 Å². The molecule has 3 nitrogen and oxygen atoms in total. The van der Waals surface area contributed by atoms with Crippen LogP contribution in [0.2, 0.25) is 0 Å². The molecule has 0 amide bonds. The molecule has 0 saturated heterocycles. The van der Waals surface area contributed by atoms with Gasteiger partial charge in [-0.25, -0.2) is 0 Å². The minimum Gasteiger partial charge on any atom is -0.392 e. The van der Waals surface area contributed by atoms with Crippen molar-refractivity contribution in [2.45, 2.75) is 32.9 Å². The van der Waals surface area contributed by atoms with Crippen LogP contribution in [0.3, 0.4) is 0 Å². The first kappa shape index (κ1) is 11.9. The number of nitrogens with one attached hydrogen (secondary N) is 1. The summed E-state index contributed by atoms with van der Waals surface area (Å²) >= 11 is 0. The molecule has 0 radical (unpaired) electrons. The predicted molar refractivity (Wildman–Crippen MR) is 52.3 cm³/mol. The number of rotatable bonds is 6. The lowest BCUT2D eigenvalue weighted by atomic mass is 10.3. The molecule has 12 heavy (non-hydrogen) atoms. The maximum atomic E-state index is 8.95. The molecule has 0 unspecified atom stereocenters. The van der Waals surface area contributed by atoms with E-state index in [1.807, 2.05) is 0 Å². The second kappa shape index (κ2) is 6.40. The monoisotopic (exact) mass is 174 g/mol. The summed E-state index contributed by atoms with van der Waals surface area (Å²) in [6.45, 7) is 8.80. The van der Waals surface area contributed by atoms with Crippen molar-refractivity contribution in [3.05, 3.63) is 0 Å². The van der Waals surface area contributed by atoms with E-state index < -0.39 is 0 Å². The van der Waals surface area contributed by atoms with Crippen LogP contribution in [0.4, 0.5) is 0 Å². The number of likely N-dealkylation sites (N-methyl/N-ethyl adjacent to an activating group) is 1. The van der Waals surface area contributed by atoms with Crippen LogP contribution in [-0.2, 0) is 0 Å². The highest BCUT2D eigenvalue weighted by Gasteiger charge is 2.01. The molecule has 0 aromatic carbocycles. The van der Waals surface area contributed by atoms with Crippen molar-refractivity contribution in [3.63, 3.8) is 0 Å². The van der Waals surface area contributed by atoms with Crippen molar-refractivity contribution in [1.29, 1.82) is 0 Å². The van der Waals surface area contributed by atoms with Gasteiger partial charge in [-0.05, 0) is 27.8 Å². The molecule has 3 heteroatoms. The molecule has 2 N–H and O–H groups in total. The molecule has 0 fully saturated rings. The van der Waals surface area contributed by atoms with Crippen LogP contribution in [0.15, 0.2) is 0 Å². The van der Waals surface area contributed by atoms with Crippen molar-refractivity contribution >= 4 is 0 Å². The van der Waals surface area contributed by atoms with E-state index >= 15 is 0 Å². The molecule has 74 valence electrons. The van der Waals surface area contributed by atoms with Crippen LogP contribution in [0.25, 0.3) is 0 Å². The van der Waals surface area contributed by atoms with Crippen molar-refractivity contribution in [2.24, 2.45) is 0 Å². The number of hydrogen-bond donors (Lipinski definition) is 2. The third-order valence-electron chi connectivity index (χ3n) is 1.96. The Morgan fingerprint density at radius 2 is 1.92 bits per heavy atom. The summed E-state index contributed by atoms with van der Waals surface area (Å²) < 4.78 is 0. The Hall–Kier alpha value is -0.120. The van der Waals surface area contributed by atoms with Crippen molar-refractivity contribution in [2.75, 3.05) is 26.7 Å². The molecule has 1 atom stereocenters. The molecule has 0 saturated carbocycles. The van der Waals surface area contributed by atoms with E-state index in [4.69, 9.17) is 5.11 Å². The average molecular weight is 174 g/mol. The van der Waals surface area contributed by atoms with Crippen LogP contribution in [0.1, 0.15) is 20.8 Å². The molecule has 0 aliphatic heterocycles. The van der Waals surface area contributed by atoms with Crippen molar-refractivity contribution in [3.8, 4) is 0 Å². The molecule has 0 rings (SSSR count). The third kappa shape index (κ3) is 6.58.